The molecule has 0 radical (unpaired) electrons. The van der Waals surface area contributed by atoms with Gasteiger partial charge in [-0.05, 0) is 42.8 Å². The minimum absolute atomic E-state index is 0.0256. The second-order valence-corrected chi connectivity index (χ2v) is 5.79. The van der Waals surface area contributed by atoms with Crippen LogP contribution in [0.5, 0.6) is 0 Å². The van der Waals surface area contributed by atoms with Crippen molar-refractivity contribution in [1.29, 1.82) is 0 Å². The largest absolute Gasteiger partial charge is 0.449 e. The summed E-state index contributed by atoms with van der Waals surface area (Å²) in [6, 6.07) is 9.29. The highest BCUT2D eigenvalue weighted by molar-refractivity contribution is 6.32. The summed E-state index contributed by atoms with van der Waals surface area (Å²) in [4.78, 5) is 34.0. The van der Waals surface area contributed by atoms with Crippen LogP contribution in [0.15, 0.2) is 48.5 Å². The second-order valence-electron chi connectivity index (χ2n) is 5.38. The van der Waals surface area contributed by atoms with Crippen LogP contribution in [-0.4, -0.2) is 22.9 Å². The number of ether oxygens (including phenoxy) is 1. The zero-order valence-corrected chi connectivity index (χ0v) is 14.8. The second kappa shape index (κ2) is 8.91. The van der Waals surface area contributed by atoms with Crippen LogP contribution in [0.3, 0.4) is 0 Å². The lowest BCUT2D eigenvalue weighted by Gasteiger charge is -2.12. The van der Waals surface area contributed by atoms with Crippen molar-refractivity contribution in [2.45, 2.75) is 13.0 Å². The number of carbonyl (C=O) groups is 2. The Bertz CT molecular complexity index is 916. The van der Waals surface area contributed by atoms with Crippen molar-refractivity contribution < 1.29 is 23.6 Å². The molecule has 0 fully saturated rings. The highest BCUT2D eigenvalue weighted by Gasteiger charge is 2.17. The van der Waals surface area contributed by atoms with Crippen molar-refractivity contribution in [2.24, 2.45) is 0 Å². The number of hydrogen-bond acceptors (Lipinski definition) is 5. The molecule has 1 N–H and O–H groups in total. The molecule has 2 aromatic rings. The van der Waals surface area contributed by atoms with Crippen molar-refractivity contribution in [3.8, 4) is 0 Å². The van der Waals surface area contributed by atoms with E-state index in [9.17, 15) is 24.1 Å². The Kier molecular flexibility index (Phi) is 6.62. The third kappa shape index (κ3) is 5.89. The summed E-state index contributed by atoms with van der Waals surface area (Å²) in [5.41, 5.74) is 0.293. The molecule has 0 aromatic heterocycles. The summed E-state index contributed by atoms with van der Waals surface area (Å²) < 4.78 is 18.0. The predicted molar refractivity (Wildman–Crippen MR) is 97.7 cm³/mol. The Labute approximate surface area is 158 Å². The highest BCUT2D eigenvalue weighted by Crippen LogP contribution is 2.25. The molecular formula is C18H14ClFN2O5. The van der Waals surface area contributed by atoms with Gasteiger partial charge in [-0.2, -0.15) is 0 Å². The van der Waals surface area contributed by atoms with Gasteiger partial charge in [0.25, 0.3) is 11.6 Å². The number of esters is 1. The maximum Gasteiger partial charge on any atom is 0.331 e. The average Bonchev–Trinajstić information content (AvgIpc) is 2.60. The molecule has 9 heteroatoms. The number of amides is 1. The lowest BCUT2D eigenvalue weighted by Crippen LogP contribution is -2.29. The van der Waals surface area contributed by atoms with Crippen LogP contribution in [0.2, 0.25) is 5.02 Å². The number of rotatable bonds is 6. The van der Waals surface area contributed by atoms with Gasteiger partial charge in [0.15, 0.2) is 6.10 Å². The van der Waals surface area contributed by atoms with Crippen molar-refractivity contribution in [3.63, 3.8) is 0 Å². The van der Waals surface area contributed by atoms with Crippen LogP contribution in [0.25, 0.3) is 6.08 Å². The quantitative estimate of drug-likeness (QED) is 0.347. The number of halogens is 2. The summed E-state index contributed by atoms with van der Waals surface area (Å²) >= 11 is 5.71. The van der Waals surface area contributed by atoms with Crippen LogP contribution in [0, 0.1) is 15.9 Å². The van der Waals surface area contributed by atoms with Gasteiger partial charge in [0.05, 0.1) is 4.92 Å². The number of nitro benzene ring substituents is 1. The molecule has 0 saturated carbocycles. The van der Waals surface area contributed by atoms with Gasteiger partial charge in [0.2, 0.25) is 0 Å². The van der Waals surface area contributed by atoms with E-state index in [-0.39, 0.29) is 16.4 Å². The smallest absolute Gasteiger partial charge is 0.331 e. The Morgan fingerprint density at radius 3 is 2.70 bits per heavy atom. The van der Waals surface area contributed by atoms with E-state index in [1.165, 1.54) is 49.4 Å². The maximum absolute atomic E-state index is 13.1. The predicted octanol–water partition coefficient (Wildman–Crippen LogP) is 3.97. The fourth-order valence-corrected chi connectivity index (χ4v) is 2.20. The molecule has 0 aliphatic rings. The highest BCUT2D eigenvalue weighted by atomic mass is 35.5. The van der Waals surface area contributed by atoms with Crippen LogP contribution in [0.4, 0.5) is 15.8 Å². The third-order valence-electron chi connectivity index (χ3n) is 3.33. The fourth-order valence-electron chi connectivity index (χ4n) is 2.01. The summed E-state index contributed by atoms with van der Waals surface area (Å²) in [6.45, 7) is 1.35. The molecular weight excluding hydrogens is 379 g/mol. The van der Waals surface area contributed by atoms with Crippen LogP contribution in [0.1, 0.15) is 12.5 Å². The molecule has 2 rings (SSSR count). The minimum Gasteiger partial charge on any atom is -0.449 e. The number of nitrogens with one attached hydrogen (secondary N) is 1. The Morgan fingerprint density at radius 2 is 2.04 bits per heavy atom. The van der Waals surface area contributed by atoms with Gasteiger partial charge < -0.3 is 10.1 Å². The van der Waals surface area contributed by atoms with Gasteiger partial charge >= 0.3 is 5.97 Å². The van der Waals surface area contributed by atoms with E-state index < -0.39 is 28.7 Å². The standard InChI is InChI=1S/C18H14ClFN2O5/c1-11(18(24)21-14-4-2-3-13(20)10-14)27-17(23)8-6-12-5-7-15(19)16(9-12)22(25)26/h2-11H,1H3,(H,21,24)/b8-6+. The number of nitro groups is 1. The Balaban J connectivity index is 1.96. The van der Waals surface area contributed by atoms with Crippen molar-refractivity contribution in [1.82, 2.24) is 0 Å². The van der Waals surface area contributed by atoms with E-state index in [1.807, 2.05) is 0 Å². The minimum atomic E-state index is -1.13. The molecule has 1 atom stereocenters. The van der Waals surface area contributed by atoms with Crippen LogP contribution < -0.4 is 5.32 Å². The number of benzene rings is 2. The molecule has 27 heavy (non-hydrogen) atoms. The van der Waals surface area contributed by atoms with E-state index in [1.54, 1.807) is 0 Å². The SMILES string of the molecule is CC(OC(=O)/C=C/c1ccc(Cl)c([N+](=O)[O-])c1)C(=O)Nc1cccc(F)c1. The molecule has 0 bridgehead atoms. The van der Waals surface area contributed by atoms with E-state index in [4.69, 9.17) is 16.3 Å². The van der Waals surface area contributed by atoms with Crippen molar-refractivity contribution >= 4 is 40.9 Å². The number of carbonyl (C=O) groups excluding carboxylic acids is 2. The van der Waals surface area contributed by atoms with E-state index in [2.05, 4.69) is 5.32 Å². The molecule has 140 valence electrons. The van der Waals surface area contributed by atoms with E-state index in [0.29, 0.717) is 5.56 Å². The normalized spacial score (nSPS) is 11.8. The van der Waals surface area contributed by atoms with E-state index in [0.717, 1.165) is 12.1 Å². The number of nitrogens with zero attached hydrogens (tertiary/aromatic N) is 1. The molecule has 1 unspecified atom stereocenters. The fraction of sp³-hybridized carbons (Fsp3) is 0.111. The zero-order chi connectivity index (χ0) is 20.0. The van der Waals surface area contributed by atoms with Gasteiger partial charge in [-0.25, -0.2) is 9.18 Å². The topological polar surface area (TPSA) is 98.5 Å². The Morgan fingerprint density at radius 1 is 1.30 bits per heavy atom. The molecule has 0 spiro atoms. The molecule has 0 saturated heterocycles. The summed E-state index contributed by atoms with van der Waals surface area (Å²) in [5, 5.41) is 13.2. The van der Waals surface area contributed by atoms with Gasteiger partial charge in [-0.15, -0.1) is 0 Å². The molecule has 1 amide bonds. The lowest BCUT2D eigenvalue weighted by atomic mass is 10.2. The van der Waals surface area contributed by atoms with Crippen molar-refractivity contribution in [2.75, 3.05) is 5.32 Å². The van der Waals surface area contributed by atoms with Gasteiger partial charge in [-0.1, -0.05) is 23.7 Å². The van der Waals surface area contributed by atoms with Crippen molar-refractivity contribution in [3.05, 3.63) is 75.1 Å². The van der Waals surface area contributed by atoms with Gasteiger partial charge in [0.1, 0.15) is 10.8 Å². The first-order valence-corrected chi connectivity index (χ1v) is 8.03. The number of anilines is 1. The maximum atomic E-state index is 13.1. The monoisotopic (exact) mass is 392 g/mol. The van der Waals surface area contributed by atoms with E-state index >= 15 is 0 Å². The first-order chi connectivity index (χ1) is 12.8. The summed E-state index contributed by atoms with van der Waals surface area (Å²) in [5.74, 6) is -1.98. The molecule has 7 nitrogen and oxygen atoms in total. The first-order valence-electron chi connectivity index (χ1n) is 7.65. The van der Waals surface area contributed by atoms with Gasteiger partial charge in [-0.3, -0.25) is 14.9 Å². The molecule has 2 aromatic carbocycles. The summed E-state index contributed by atoms with van der Waals surface area (Å²) in [7, 11) is 0. The molecule has 0 heterocycles. The molecule has 0 aliphatic heterocycles. The third-order valence-corrected chi connectivity index (χ3v) is 3.65. The zero-order valence-electron chi connectivity index (χ0n) is 14.0. The lowest BCUT2D eigenvalue weighted by molar-refractivity contribution is -0.384. The summed E-state index contributed by atoms with van der Waals surface area (Å²) in [6.07, 6.45) is 1.19. The van der Waals surface area contributed by atoms with Crippen LogP contribution >= 0.6 is 11.6 Å². The first kappa shape index (κ1) is 20.1. The molecule has 0 aliphatic carbocycles. The average molecular weight is 393 g/mol. The number of hydrogen-bond donors (Lipinski definition) is 1. The van der Waals surface area contributed by atoms with Gasteiger partial charge in [0, 0.05) is 17.8 Å². The Hall–Kier alpha value is -3.26. The van der Waals surface area contributed by atoms with Crippen LogP contribution in [-0.2, 0) is 14.3 Å².